The number of benzene rings is 1. The van der Waals surface area contributed by atoms with Crippen molar-refractivity contribution >= 4 is 23.3 Å². The number of halogens is 1. The van der Waals surface area contributed by atoms with E-state index in [4.69, 9.17) is 17.3 Å². The lowest BCUT2D eigenvalue weighted by Crippen LogP contribution is -2.42. The summed E-state index contributed by atoms with van der Waals surface area (Å²) in [5, 5.41) is 3.26. The lowest BCUT2D eigenvalue weighted by Gasteiger charge is -2.25. The van der Waals surface area contributed by atoms with Gasteiger partial charge in [0.25, 0.3) is 5.91 Å². The molecule has 0 saturated heterocycles. The van der Waals surface area contributed by atoms with Crippen LogP contribution in [-0.2, 0) is 5.54 Å². The maximum absolute atomic E-state index is 13.2. The molecule has 3 heterocycles. The molecule has 1 amide bonds. The average molecular weight is 460 g/mol. The van der Waals surface area contributed by atoms with Gasteiger partial charge < -0.3 is 11.1 Å². The Hall–Kier alpha value is -3.91. The van der Waals surface area contributed by atoms with Crippen LogP contribution in [-0.4, -0.2) is 30.8 Å². The maximum atomic E-state index is 13.2. The normalized spacial score (nSPS) is 11.3. The Kier molecular flexibility index (Phi) is 6.02. The van der Waals surface area contributed by atoms with E-state index < -0.39 is 11.4 Å². The second kappa shape index (κ2) is 8.91. The minimum Gasteiger partial charge on any atom is -0.382 e. The first-order valence-corrected chi connectivity index (χ1v) is 10.6. The molecule has 0 radical (unpaired) electrons. The van der Waals surface area contributed by atoms with Gasteiger partial charge in [-0.15, -0.1) is 0 Å². The number of nitrogens with zero attached hydrogens (tertiary/aromatic N) is 5. The highest BCUT2D eigenvalue weighted by Gasteiger charge is 2.28. The predicted molar refractivity (Wildman–Crippen MR) is 127 cm³/mol. The van der Waals surface area contributed by atoms with Gasteiger partial charge in [0.15, 0.2) is 11.5 Å². The van der Waals surface area contributed by atoms with E-state index in [2.05, 4.69) is 30.2 Å². The Morgan fingerprint density at radius 1 is 1.00 bits per heavy atom. The molecule has 9 heteroatoms. The van der Waals surface area contributed by atoms with E-state index in [0.717, 1.165) is 5.56 Å². The number of rotatable bonds is 5. The van der Waals surface area contributed by atoms with Gasteiger partial charge in [0.05, 0.1) is 22.6 Å². The van der Waals surface area contributed by atoms with Crippen molar-refractivity contribution in [2.45, 2.75) is 26.3 Å². The summed E-state index contributed by atoms with van der Waals surface area (Å²) >= 11 is 6.21. The Morgan fingerprint density at radius 3 is 2.39 bits per heavy atom. The standard InChI is InChI=1S/C24H22ClN7O/c1-14-11-16(12-18(25)29-14)20-19(15-7-5-4-6-8-15)31-22(26)21(30-20)23(33)32-24(2,3)17-9-10-27-13-28-17/h4-13H,1-3H3,(H2,26,31)(H,32,33). The summed E-state index contributed by atoms with van der Waals surface area (Å²) in [5.74, 6) is -0.452. The van der Waals surface area contributed by atoms with Crippen LogP contribution in [0.5, 0.6) is 0 Å². The van der Waals surface area contributed by atoms with Gasteiger partial charge in [-0.25, -0.2) is 24.9 Å². The number of hydrogen-bond donors (Lipinski definition) is 2. The molecule has 1 aromatic carbocycles. The van der Waals surface area contributed by atoms with Crippen molar-refractivity contribution < 1.29 is 4.79 Å². The van der Waals surface area contributed by atoms with Gasteiger partial charge in [-0.1, -0.05) is 41.9 Å². The zero-order valence-corrected chi connectivity index (χ0v) is 19.1. The third kappa shape index (κ3) is 4.80. The summed E-state index contributed by atoms with van der Waals surface area (Å²) < 4.78 is 0. The summed E-state index contributed by atoms with van der Waals surface area (Å²) in [6, 6.07) is 14.8. The highest BCUT2D eigenvalue weighted by Crippen LogP contribution is 2.32. The molecule has 0 aliphatic rings. The number of pyridine rings is 1. The van der Waals surface area contributed by atoms with Gasteiger partial charge in [-0.05, 0) is 39.0 Å². The third-order valence-electron chi connectivity index (χ3n) is 5.03. The first-order chi connectivity index (χ1) is 15.7. The number of aromatic nitrogens is 5. The summed E-state index contributed by atoms with van der Waals surface area (Å²) in [5.41, 5.74) is 9.33. The van der Waals surface area contributed by atoms with E-state index in [1.54, 1.807) is 18.3 Å². The number of anilines is 1. The fraction of sp³-hybridized carbons (Fsp3) is 0.167. The molecule has 0 bridgehead atoms. The van der Waals surface area contributed by atoms with E-state index in [9.17, 15) is 4.79 Å². The lowest BCUT2D eigenvalue weighted by molar-refractivity contribution is 0.0906. The quantitative estimate of drug-likeness (QED) is 0.429. The molecule has 3 N–H and O–H groups in total. The Morgan fingerprint density at radius 2 is 1.73 bits per heavy atom. The molecule has 4 aromatic rings. The van der Waals surface area contributed by atoms with E-state index in [1.807, 2.05) is 57.2 Å². The monoisotopic (exact) mass is 459 g/mol. The molecular weight excluding hydrogens is 438 g/mol. The van der Waals surface area contributed by atoms with Crippen LogP contribution >= 0.6 is 11.6 Å². The van der Waals surface area contributed by atoms with Gasteiger partial charge in [-0.3, -0.25) is 4.79 Å². The Labute approximate surface area is 196 Å². The van der Waals surface area contributed by atoms with Crippen molar-refractivity contribution in [3.8, 4) is 22.5 Å². The number of carbonyl (C=O) groups is 1. The molecular formula is C24H22ClN7O. The van der Waals surface area contributed by atoms with Crippen molar-refractivity contribution in [2.75, 3.05) is 5.73 Å². The second-order valence-electron chi connectivity index (χ2n) is 8.01. The number of aryl methyl sites for hydroxylation is 1. The van der Waals surface area contributed by atoms with E-state index in [0.29, 0.717) is 33.5 Å². The summed E-state index contributed by atoms with van der Waals surface area (Å²) in [4.78, 5) is 34.9. The van der Waals surface area contributed by atoms with E-state index in [1.165, 1.54) is 6.33 Å². The van der Waals surface area contributed by atoms with Crippen LogP contribution in [0.25, 0.3) is 22.5 Å². The molecule has 33 heavy (non-hydrogen) atoms. The highest BCUT2D eigenvalue weighted by atomic mass is 35.5. The van der Waals surface area contributed by atoms with Gasteiger partial charge in [-0.2, -0.15) is 0 Å². The molecule has 0 saturated carbocycles. The summed E-state index contributed by atoms with van der Waals surface area (Å²) in [6.07, 6.45) is 3.05. The molecule has 3 aromatic heterocycles. The molecule has 166 valence electrons. The van der Waals surface area contributed by atoms with Crippen molar-refractivity contribution in [1.29, 1.82) is 0 Å². The van der Waals surface area contributed by atoms with Gasteiger partial charge in [0.2, 0.25) is 0 Å². The zero-order chi connectivity index (χ0) is 23.6. The van der Waals surface area contributed by atoms with E-state index in [-0.39, 0.29) is 11.5 Å². The maximum Gasteiger partial charge on any atom is 0.274 e. The minimum atomic E-state index is -0.789. The third-order valence-corrected chi connectivity index (χ3v) is 5.22. The van der Waals surface area contributed by atoms with Gasteiger partial charge in [0, 0.05) is 23.0 Å². The van der Waals surface area contributed by atoms with Gasteiger partial charge in [0.1, 0.15) is 11.5 Å². The highest BCUT2D eigenvalue weighted by molar-refractivity contribution is 6.29. The number of nitrogens with two attached hydrogens (primary N) is 1. The van der Waals surface area contributed by atoms with E-state index >= 15 is 0 Å². The molecule has 0 aliphatic carbocycles. The van der Waals surface area contributed by atoms with Crippen molar-refractivity contribution in [2.24, 2.45) is 0 Å². The number of carbonyl (C=O) groups excluding carboxylic acids is 1. The SMILES string of the molecule is Cc1cc(-c2nc(C(=O)NC(C)(C)c3ccncn3)c(N)nc2-c2ccccc2)cc(Cl)n1. The van der Waals surface area contributed by atoms with Gasteiger partial charge >= 0.3 is 0 Å². The largest absolute Gasteiger partial charge is 0.382 e. The fourth-order valence-corrected chi connectivity index (χ4v) is 3.70. The minimum absolute atomic E-state index is 0.0115. The molecule has 0 spiro atoms. The van der Waals surface area contributed by atoms with Crippen molar-refractivity contribution in [3.05, 3.63) is 83.3 Å². The zero-order valence-electron chi connectivity index (χ0n) is 18.4. The number of nitrogens with one attached hydrogen (secondary N) is 1. The van der Waals surface area contributed by atoms with Crippen LogP contribution in [0.3, 0.4) is 0 Å². The lowest BCUT2D eigenvalue weighted by atomic mass is 10.00. The smallest absolute Gasteiger partial charge is 0.274 e. The number of amides is 1. The number of nitrogen functional groups attached to an aromatic ring is 1. The summed E-state index contributed by atoms with van der Waals surface area (Å²) in [7, 11) is 0. The second-order valence-corrected chi connectivity index (χ2v) is 8.40. The van der Waals surface area contributed by atoms with Crippen LogP contribution in [0.2, 0.25) is 5.15 Å². The topological polar surface area (TPSA) is 120 Å². The number of hydrogen-bond acceptors (Lipinski definition) is 7. The first-order valence-electron chi connectivity index (χ1n) is 10.2. The van der Waals surface area contributed by atoms with Crippen LogP contribution in [0.15, 0.2) is 61.1 Å². The molecule has 0 aliphatic heterocycles. The van der Waals surface area contributed by atoms with Crippen LogP contribution in [0.4, 0.5) is 5.82 Å². The molecule has 8 nitrogen and oxygen atoms in total. The summed E-state index contributed by atoms with van der Waals surface area (Å²) in [6.45, 7) is 5.50. The molecule has 0 unspecified atom stereocenters. The fourth-order valence-electron chi connectivity index (χ4n) is 3.45. The van der Waals surface area contributed by atoms with Crippen LogP contribution in [0.1, 0.15) is 35.7 Å². The van der Waals surface area contributed by atoms with Crippen molar-refractivity contribution in [3.63, 3.8) is 0 Å². The average Bonchev–Trinajstić information content (AvgIpc) is 2.79. The molecule has 0 atom stereocenters. The predicted octanol–water partition coefficient (Wildman–Crippen LogP) is 4.20. The molecule has 0 fully saturated rings. The van der Waals surface area contributed by atoms with Crippen molar-refractivity contribution in [1.82, 2.24) is 30.2 Å². The molecule has 4 rings (SSSR count). The Bertz CT molecular complexity index is 1290. The van der Waals surface area contributed by atoms with Crippen LogP contribution in [0, 0.1) is 6.92 Å². The Balaban J connectivity index is 1.82. The van der Waals surface area contributed by atoms with Crippen LogP contribution < -0.4 is 11.1 Å². The first kappa shape index (κ1) is 22.3.